The molecule has 5 nitrogen and oxygen atoms in total. The second-order valence-electron chi connectivity index (χ2n) is 5.91. The maximum Gasteiger partial charge on any atom is 0.251 e. The van der Waals surface area contributed by atoms with E-state index < -0.39 is 5.60 Å². The van der Waals surface area contributed by atoms with Crippen LogP contribution in [0.4, 0.5) is 0 Å². The highest BCUT2D eigenvalue weighted by Crippen LogP contribution is 2.28. The summed E-state index contributed by atoms with van der Waals surface area (Å²) < 4.78 is 5.61. The standard InChI is InChI=1S/C17H20N2O3S/c20-16(18-11-17(21)7-1-2-8-17)13-3-5-15(6-4-13)22-9-14-10-23-12-19-14/h3-6,10,12,21H,1-2,7-9,11H2,(H,18,20). The van der Waals surface area contributed by atoms with Crippen molar-refractivity contribution in [1.29, 1.82) is 0 Å². The zero-order valence-electron chi connectivity index (χ0n) is 12.8. The minimum absolute atomic E-state index is 0.170. The van der Waals surface area contributed by atoms with Gasteiger partial charge in [0.15, 0.2) is 0 Å². The normalized spacial score (nSPS) is 16.2. The van der Waals surface area contributed by atoms with Gasteiger partial charge in [-0.2, -0.15) is 0 Å². The summed E-state index contributed by atoms with van der Waals surface area (Å²) in [5.74, 6) is 0.528. The Balaban J connectivity index is 1.50. The fourth-order valence-corrected chi connectivity index (χ4v) is 3.27. The number of hydrogen-bond donors (Lipinski definition) is 2. The smallest absolute Gasteiger partial charge is 0.251 e. The molecule has 0 saturated heterocycles. The van der Waals surface area contributed by atoms with Crippen LogP contribution in [0.3, 0.4) is 0 Å². The van der Waals surface area contributed by atoms with Crippen LogP contribution in [0.25, 0.3) is 0 Å². The van der Waals surface area contributed by atoms with E-state index in [0.717, 1.165) is 31.4 Å². The van der Waals surface area contributed by atoms with Crippen molar-refractivity contribution in [3.8, 4) is 5.75 Å². The summed E-state index contributed by atoms with van der Waals surface area (Å²) in [5, 5.41) is 15.0. The lowest BCUT2D eigenvalue weighted by Crippen LogP contribution is -2.40. The molecule has 0 radical (unpaired) electrons. The van der Waals surface area contributed by atoms with Gasteiger partial charge >= 0.3 is 0 Å². The minimum Gasteiger partial charge on any atom is -0.487 e. The molecule has 0 unspecified atom stereocenters. The molecule has 2 N–H and O–H groups in total. The number of hydrogen-bond acceptors (Lipinski definition) is 5. The van der Waals surface area contributed by atoms with Crippen molar-refractivity contribution in [3.05, 3.63) is 46.4 Å². The Kier molecular flexibility index (Phi) is 4.93. The molecule has 0 atom stereocenters. The third-order valence-corrected chi connectivity index (χ3v) is 4.73. The highest BCUT2D eigenvalue weighted by molar-refractivity contribution is 7.07. The molecule has 122 valence electrons. The molecule has 0 spiro atoms. The lowest BCUT2D eigenvalue weighted by atomic mass is 10.0. The summed E-state index contributed by atoms with van der Waals surface area (Å²) in [7, 11) is 0. The van der Waals surface area contributed by atoms with Gasteiger partial charge in [-0.15, -0.1) is 11.3 Å². The Labute approximate surface area is 139 Å². The minimum atomic E-state index is -0.730. The lowest BCUT2D eigenvalue weighted by Gasteiger charge is -2.22. The molecule has 6 heteroatoms. The van der Waals surface area contributed by atoms with Gasteiger partial charge in [-0.3, -0.25) is 4.79 Å². The number of ether oxygens (including phenoxy) is 1. The van der Waals surface area contributed by atoms with Crippen LogP contribution in [-0.4, -0.2) is 28.1 Å². The molecule has 1 aliphatic carbocycles. The van der Waals surface area contributed by atoms with Gasteiger partial charge in [0.25, 0.3) is 5.91 Å². The van der Waals surface area contributed by atoms with Crippen LogP contribution in [-0.2, 0) is 6.61 Å². The van der Waals surface area contributed by atoms with E-state index in [1.165, 1.54) is 11.3 Å². The van der Waals surface area contributed by atoms with Crippen LogP contribution >= 0.6 is 11.3 Å². The van der Waals surface area contributed by atoms with Gasteiger partial charge in [-0.25, -0.2) is 4.98 Å². The molecule has 1 heterocycles. The monoisotopic (exact) mass is 332 g/mol. The van der Waals surface area contributed by atoms with Gasteiger partial charge in [0.1, 0.15) is 12.4 Å². The first-order valence-electron chi connectivity index (χ1n) is 7.75. The van der Waals surface area contributed by atoms with Crippen molar-refractivity contribution >= 4 is 17.2 Å². The Morgan fingerprint density at radius 1 is 1.30 bits per heavy atom. The maximum absolute atomic E-state index is 12.1. The number of aromatic nitrogens is 1. The average molecular weight is 332 g/mol. The molecule has 3 rings (SSSR count). The van der Waals surface area contributed by atoms with Gasteiger partial charge < -0.3 is 15.2 Å². The first-order chi connectivity index (χ1) is 11.1. The van der Waals surface area contributed by atoms with Crippen molar-refractivity contribution in [3.63, 3.8) is 0 Å². The number of carbonyl (C=O) groups excluding carboxylic acids is 1. The maximum atomic E-state index is 12.1. The second-order valence-corrected chi connectivity index (χ2v) is 6.63. The van der Waals surface area contributed by atoms with E-state index >= 15 is 0 Å². The van der Waals surface area contributed by atoms with Crippen LogP contribution in [0, 0.1) is 0 Å². The Morgan fingerprint density at radius 3 is 2.70 bits per heavy atom. The third-order valence-electron chi connectivity index (χ3n) is 4.10. The quantitative estimate of drug-likeness (QED) is 0.853. The fourth-order valence-electron chi connectivity index (χ4n) is 2.73. The number of nitrogens with one attached hydrogen (secondary N) is 1. The largest absolute Gasteiger partial charge is 0.487 e. The number of carbonyl (C=O) groups is 1. The van der Waals surface area contributed by atoms with E-state index in [0.29, 0.717) is 24.5 Å². The Hall–Kier alpha value is -1.92. The Morgan fingerprint density at radius 2 is 2.04 bits per heavy atom. The van der Waals surface area contributed by atoms with Gasteiger partial charge in [0.05, 0.1) is 16.8 Å². The van der Waals surface area contributed by atoms with Crippen LogP contribution in [0.5, 0.6) is 5.75 Å². The third kappa shape index (κ3) is 4.30. The summed E-state index contributed by atoms with van der Waals surface area (Å²) in [6.07, 6.45) is 3.57. The zero-order chi connectivity index (χ0) is 16.1. The van der Waals surface area contributed by atoms with E-state index in [2.05, 4.69) is 10.3 Å². The van der Waals surface area contributed by atoms with E-state index in [9.17, 15) is 9.90 Å². The molecule has 0 aliphatic heterocycles. The van der Waals surface area contributed by atoms with E-state index in [-0.39, 0.29) is 5.91 Å². The van der Waals surface area contributed by atoms with E-state index in [1.807, 2.05) is 5.38 Å². The SMILES string of the molecule is O=C(NCC1(O)CCCC1)c1ccc(OCc2cscn2)cc1. The number of rotatable bonds is 6. The number of aliphatic hydroxyl groups is 1. The molecule has 0 bridgehead atoms. The van der Waals surface area contributed by atoms with Crippen molar-refractivity contribution < 1.29 is 14.6 Å². The van der Waals surface area contributed by atoms with Crippen molar-refractivity contribution in [2.24, 2.45) is 0 Å². The molecule has 2 aromatic rings. The number of amides is 1. The van der Waals surface area contributed by atoms with Gasteiger partial charge in [-0.1, -0.05) is 12.8 Å². The second kappa shape index (κ2) is 7.10. The number of thiazole rings is 1. The van der Waals surface area contributed by atoms with Gasteiger partial charge in [0, 0.05) is 17.5 Å². The first-order valence-corrected chi connectivity index (χ1v) is 8.69. The molecule has 1 amide bonds. The van der Waals surface area contributed by atoms with Gasteiger partial charge in [-0.05, 0) is 37.1 Å². The first kappa shape index (κ1) is 16.0. The average Bonchev–Trinajstić information content (AvgIpc) is 3.23. The molecular weight excluding hydrogens is 312 g/mol. The summed E-state index contributed by atoms with van der Waals surface area (Å²) in [6.45, 7) is 0.732. The molecule has 1 aliphatic rings. The molecule has 1 fully saturated rings. The van der Waals surface area contributed by atoms with Crippen LogP contribution in [0.15, 0.2) is 35.2 Å². The molecule has 1 saturated carbocycles. The highest BCUT2D eigenvalue weighted by Gasteiger charge is 2.31. The predicted molar refractivity (Wildman–Crippen MR) is 88.6 cm³/mol. The van der Waals surface area contributed by atoms with Crippen molar-refractivity contribution in [2.75, 3.05) is 6.54 Å². The summed E-state index contributed by atoms with van der Waals surface area (Å²) in [4.78, 5) is 16.3. The zero-order valence-corrected chi connectivity index (χ0v) is 13.6. The number of nitrogens with zero attached hydrogens (tertiary/aromatic N) is 1. The molecule has 23 heavy (non-hydrogen) atoms. The van der Waals surface area contributed by atoms with Crippen molar-refractivity contribution in [1.82, 2.24) is 10.3 Å². The van der Waals surface area contributed by atoms with Crippen LogP contribution in [0.2, 0.25) is 0 Å². The summed E-state index contributed by atoms with van der Waals surface area (Å²) >= 11 is 1.53. The van der Waals surface area contributed by atoms with Crippen molar-refractivity contribution in [2.45, 2.75) is 37.9 Å². The van der Waals surface area contributed by atoms with Crippen LogP contribution in [0.1, 0.15) is 41.7 Å². The molecular formula is C17H20N2O3S. The Bertz CT molecular complexity index is 634. The van der Waals surface area contributed by atoms with Gasteiger partial charge in [0.2, 0.25) is 0 Å². The molecule has 1 aromatic heterocycles. The van der Waals surface area contributed by atoms with E-state index in [1.54, 1.807) is 29.8 Å². The fraction of sp³-hybridized carbons (Fsp3) is 0.412. The molecule has 1 aromatic carbocycles. The van der Waals surface area contributed by atoms with Crippen LogP contribution < -0.4 is 10.1 Å². The lowest BCUT2D eigenvalue weighted by molar-refractivity contribution is 0.0449. The highest BCUT2D eigenvalue weighted by atomic mass is 32.1. The summed E-state index contributed by atoms with van der Waals surface area (Å²) in [5.41, 5.74) is 2.49. The topological polar surface area (TPSA) is 71.5 Å². The predicted octanol–water partition coefficient (Wildman–Crippen LogP) is 2.76. The number of benzene rings is 1. The summed E-state index contributed by atoms with van der Waals surface area (Å²) in [6, 6.07) is 6.99. The van der Waals surface area contributed by atoms with E-state index in [4.69, 9.17) is 4.74 Å².